The number of nitrogens with zero attached hydrogens (tertiary/aromatic N) is 5. The number of amides is 1. The predicted octanol–water partition coefficient (Wildman–Crippen LogP) is 2.19. The fourth-order valence-electron chi connectivity index (χ4n) is 3.09. The Hall–Kier alpha value is -3.56. The van der Waals surface area contributed by atoms with Gasteiger partial charge in [0.1, 0.15) is 35.6 Å². The number of benzene rings is 1. The van der Waals surface area contributed by atoms with Crippen molar-refractivity contribution in [3.8, 4) is 0 Å². The molecule has 0 aliphatic rings. The molecule has 1 atom stereocenters. The molecule has 0 bridgehead atoms. The number of hydrogen-bond donors (Lipinski definition) is 1. The van der Waals surface area contributed by atoms with Gasteiger partial charge in [0.25, 0.3) is 0 Å². The van der Waals surface area contributed by atoms with Crippen molar-refractivity contribution >= 4 is 11.6 Å². The van der Waals surface area contributed by atoms with Gasteiger partial charge in [-0.25, -0.2) is 9.37 Å². The van der Waals surface area contributed by atoms with Crippen molar-refractivity contribution in [2.24, 2.45) is 7.05 Å². The maximum Gasteiger partial charge on any atom is 0.312 e. The number of halogens is 1. The van der Waals surface area contributed by atoms with E-state index in [1.54, 1.807) is 36.1 Å². The highest BCUT2D eigenvalue weighted by atomic mass is 19.1. The summed E-state index contributed by atoms with van der Waals surface area (Å²) in [6.45, 7) is 2.84. The lowest BCUT2D eigenvalue weighted by molar-refractivity contribution is -0.386. The van der Waals surface area contributed by atoms with E-state index < -0.39 is 22.7 Å². The number of aromatic nitrogens is 4. The minimum atomic E-state index is -0.685. The minimum Gasteiger partial charge on any atom is -0.340 e. The van der Waals surface area contributed by atoms with Gasteiger partial charge in [0, 0.05) is 19.4 Å². The van der Waals surface area contributed by atoms with Crippen LogP contribution in [0.15, 0.2) is 36.7 Å². The zero-order chi connectivity index (χ0) is 20.4. The number of aryl methyl sites for hydroxylation is 2. The Bertz CT molecular complexity index is 1040. The number of carbonyl (C=O) groups is 1. The molecule has 146 valence electrons. The molecule has 0 saturated heterocycles. The average molecular weight is 386 g/mol. The van der Waals surface area contributed by atoms with Crippen molar-refractivity contribution in [2.45, 2.75) is 26.4 Å². The van der Waals surface area contributed by atoms with E-state index in [4.69, 9.17) is 0 Å². The number of rotatable bonds is 6. The lowest BCUT2D eigenvalue weighted by atomic mass is 10.1. The molecular formula is C18H19FN6O3. The van der Waals surface area contributed by atoms with Crippen LogP contribution in [0.4, 0.5) is 10.1 Å². The summed E-state index contributed by atoms with van der Waals surface area (Å²) in [6, 6.07) is 5.20. The van der Waals surface area contributed by atoms with Crippen molar-refractivity contribution in [3.63, 3.8) is 0 Å². The fourth-order valence-corrected chi connectivity index (χ4v) is 3.09. The molecule has 28 heavy (non-hydrogen) atoms. The van der Waals surface area contributed by atoms with Gasteiger partial charge >= 0.3 is 5.69 Å². The molecule has 0 spiro atoms. The number of imidazole rings is 1. The third-order valence-corrected chi connectivity index (χ3v) is 4.42. The molecule has 2 aromatic heterocycles. The van der Waals surface area contributed by atoms with Gasteiger partial charge in [-0.3, -0.25) is 19.6 Å². The van der Waals surface area contributed by atoms with Gasteiger partial charge in [-0.1, -0.05) is 12.1 Å². The number of nitrogens with one attached hydrogen (secondary N) is 1. The summed E-state index contributed by atoms with van der Waals surface area (Å²) in [5, 5.41) is 18.0. The molecule has 1 N–H and O–H groups in total. The van der Waals surface area contributed by atoms with Crippen molar-refractivity contribution in [1.82, 2.24) is 24.6 Å². The summed E-state index contributed by atoms with van der Waals surface area (Å²) in [5.74, 6) is -0.337. The van der Waals surface area contributed by atoms with Crippen LogP contribution in [0.25, 0.3) is 0 Å². The first-order valence-electron chi connectivity index (χ1n) is 8.48. The Morgan fingerprint density at radius 1 is 1.39 bits per heavy atom. The standard InChI is InChI=1S/C18H19FN6O3/c1-11-17(25(27)28)12(2)24(22-11)10-15(26)21-16(18-20-7-8-23(18)3)13-5-4-6-14(19)9-13/h4-9,16H,10H2,1-3H3,(H,21,26)/t16-/m1/s1. The number of nitro groups is 1. The normalized spacial score (nSPS) is 12.0. The molecule has 3 rings (SSSR count). The van der Waals surface area contributed by atoms with Crippen LogP contribution in [0, 0.1) is 29.8 Å². The highest BCUT2D eigenvalue weighted by molar-refractivity contribution is 5.76. The van der Waals surface area contributed by atoms with Crippen molar-refractivity contribution in [1.29, 1.82) is 0 Å². The van der Waals surface area contributed by atoms with E-state index >= 15 is 0 Å². The van der Waals surface area contributed by atoms with Gasteiger partial charge in [0.2, 0.25) is 5.91 Å². The Morgan fingerprint density at radius 2 is 2.14 bits per heavy atom. The van der Waals surface area contributed by atoms with E-state index in [1.807, 2.05) is 0 Å². The highest BCUT2D eigenvalue weighted by Gasteiger charge is 2.25. The molecule has 1 amide bonds. The fraction of sp³-hybridized carbons (Fsp3) is 0.278. The molecular weight excluding hydrogens is 367 g/mol. The molecule has 0 aliphatic heterocycles. The van der Waals surface area contributed by atoms with Crippen molar-refractivity contribution in [3.05, 3.63) is 75.4 Å². The second-order valence-corrected chi connectivity index (χ2v) is 6.39. The highest BCUT2D eigenvalue weighted by Crippen LogP contribution is 2.23. The van der Waals surface area contributed by atoms with E-state index in [0.717, 1.165) is 0 Å². The molecule has 10 heteroatoms. The Labute approximate surface area is 160 Å². The van der Waals surface area contributed by atoms with Crippen LogP contribution in [0.2, 0.25) is 0 Å². The Kier molecular flexibility index (Phi) is 5.21. The molecule has 9 nitrogen and oxygen atoms in total. The topological polar surface area (TPSA) is 108 Å². The van der Waals surface area contributed by atoms with Crippen LogP contribution < -0.4 is 5.32 Å². The maximum absolute atomic E-state index is 13.7. The van der Waals surface area contributed by atoms with Crippen molar-refractivity contribution < 1.29 is 14.1 Å². The monoisotopic (exact) mass is 386 g/mol. The first kappa shape index (κ1) is 19.2. The third kappa shape index (κ3) is 3.75. The maximum atomic E-state index is 13.7. The number of hydrogen-bond acceptors (Lipinski definition) is 5. The summed E-state index contributed by atoms with van der Waals surface area (Å²) in [6.07, 6.45) is 3.30. The average Bonchev–Trinajstić information content (AvgIpc) is 3.15. The van der Waals surface area contributed by atoms with Crippen LogP contribution >= 0.6 is 0 Å². The van der Waals surface area contributed by atoms with E-state index in [2.05, 4.69) is 15.4 Å². The molecule has 0 unspecified atom stereocenters. The molecule has 2 heterocycles. The smallest absolute Gasteiger partial charge is 0.312 e. The summed E-state index contributed by atoms with van der Waals surface area (Å²) in [7, 11) is 1.77. The SMILES string of the molecule is Cc1nn(CC(=O)N[C@H](c2cccc(F)c2)c2nccn2C)c(C)c1[N+](=O)[O-]. The van der Waals surface area contributed by atoms with Crippen LogP contribution in [0.5, 0.6) is 0 Å². The van der Waals surface area contributed by atoms with Crippen LogP contribution in [-0.2, 0) is 18.4 Å². The van der Waals surface area contributed by atoms with Crippen LogP contribution in [-0.4, -0.2) is 30.2 Å². The second-order valence-electron chi connectivity index (χ2n) is 6.39. The van der Waals surface area contributed by atoms with E-state index in [1.165, 1.54) is 30.7 Å². The lowest BCUT2D eigenvalue weighted by Gasteiger charge is -2.19. The van der Waals surface area contributed by atoms with Gasteiger partial charge < -0.3 is 9.88 Å². The van der Waals surface area contributed by atoms with Gasteiger partial charge in [-0.2, -0.15) is 5.10 Å². The minimum absolute atomic E-state index is 0.112. The lowest BCUT2D eigenvalue weighted by Crippen LogP contribution is -2.34. The zero-order valence-electron chi connectivity index (χ0n) is 15.6. The van der Waals surface area contributed by atoms with Gasteiger partial charge in [-0.05, 0) is 31.5 Å². The summed E-state index contributed by atoms with van der Waals surface area (Å²) in [4.78, 5) is 27.5. The van der Waals surface area contributed by atoms with Gasteiger partial charge in [0.05, 0.1) is 4.92 Å². The second kappa shape index (κ2) is 7.59. The first-order chi connectivity index (χ1) is 13.3. The van der Waals surface area contributed by atoms with E-state index in [9.17, 15) is 19.3 Å². The van der Waals surface area contributed by atoms with E-state index in [-0.39, 0.29) is 23.6 Å². The first-order valence-corrected chi connectivity index (χ1v) is 8.48. The summed E-state index contributed by atoms with van der Waals surface area (Å²) in [5.41, 5.74) is 0.943. The molecule has 0 saturated carbocycles. The number of carbonyl (C=O) groups excluding carboxylic acids is 1. The van der Waals surface area contributed by atoms with E-state index in [0.29, 0.717) is 11.4 Å². The largest absolute Gasteiger partial charge is 0.340 e. The quantitative estimate of drug-likeness (QED) is 0.516. The van der Waals surface area contributed by atoms with Gasteiger partial charge in [-0.15, -0.1) is 0 Å². The summed E-state index contributed by atoms with van der Waals surface area (Å²) < 4.78 is 16.7. The summed E-state index contributed by atoms with van der Waals surface area (Å²) >= 11 is 0. The predicted molar refractivity (Wildman–Crippen MR) is 97.9 cm³/mol. The third-order valence-electron chi connectivity index (χ3n) is 4.42. The molecule has 3 aromatic rings. The Balaban J connectivity index is 1.88. The Morgan fingerprint density at radius 3 is 2.71 bits per heavy atom. The van der Waals surface area contributed by atoms with Crippen LogP contribution in [0.3, 0.4) is 0 Å². The molecule has 0 aliphatic carbocycles. The van der Waals surface area contributed by atoms with Crippen molar-refractivity contribution in [2.75, 3.05) is 0 Å². The molecule has 0 fully saturated rings. The molecule has 0 radical (unpaired) electrons. The zero-order valence-corrected chi connectivity index (χ0v) is 15.6. The van der Waals surface area contributed by atoms with Gasteiger partial charge in [0.15, 0.2) is 0 Å². The molecule has 1 aromatic carbocycles. The van der Waals surface area contributed by atoms with Crippen LogP contribution in [0.1, 0.15) is 28.8 Å².